The highest BCUT2D eigenvalue weighted by molar-refractivity contribution is 5.53. The van der Waals surface area contributed by atoms with Gasteiger partial charge in [0.1, 0.15) is 11.5 Å². The van der Waals surface area contributed by atoms with Crippen LogP contribution in [0.1, 0.15) is 25.1 Å². The molecule has 1 N–H and O–H groups in total. The molecular weight excluding hydrogens is 274 g/mol. The van der Waals surface area contributed by atoms with Gasteiger partial charge in [-0.1, -0.05) is 12.1 Å². The summed E-state index contributed by atoms with van der Waals surface area (Å²) in [6.45, 7) is 1.70. The molecule has 1 heterocycles. The van der Waals surface area contributed by atoms with Crippen molar-refractivity contribution in [2.45, 2.75) is 19.4 Å². The van der Waals surface area contributed by atoms with Gasteiger partial charge in [0, 0.05) is 6.07 Å². The van der Waals surface area contributed by atoms with Gasteiger partial charge in [0.15, 0.2) is 11.5 Å². The second-order valence-electron chi connectivity index (χ2n) is 4.02. The Morgan fingerprint density at radius 2 is 2.20 bits per heavy atom. The molecule has 0 saturated carbocycles. The van der Waals surface area contributed by atoms with E-state index in [2.05, 4.69) is 10.3 Å². The fraction of sp³-hybridized carbons (Fsp3) is 0.273. The van der Waals surface area contributed by atoms with Crippen molar-refractivity contribution in [1.29, 1.82) is 0 Å². The Morgan fingerprint density at radius 1 is 1.50 bits per heavy atom. The molecule has 9 heteroatoms. The third kappa shape index (κ3) is 2.48. The number of hydrogen-bond donors (Lipinski definition) is 1. The van der Waals surface area contributed by atoms with Gasteiger partial charge in [0.05, 0.1) is 23.3 Å². The Bertz CT molecular complexity index is 659. The van der Waals surface area contributed by atoms with E-state index in [9.17, 15) is 24.0 Å². The summed E-state index contributed by atoms with van der Waals surface area (Å²) in [7, 11) is 0. The van der Waals surface area contributed by atoms with Crippen molar-refractivity contribution in [1.82, 2.24) is 15.0 Å². The quantitative estimate of drug-likeness (QED) is 0.683. The number of hydrogen-bond acceptors (Lipinski definition) is 5. The number of nitrogens with zero attached hydrogens (tertiary/aromatic N) is 4. The molecule has 0 aliphatic carbocycles. The van der Waals surface area contributed by atoms with Gasteiger partial charge in [0.25, 0.3) is 0 Å². The lowest BCUT2D eigenvalue weighted by Gasteiger charge is -2.04. The number of aliphatic hydroxyl groups is 1. The lowest BCUT2D eigenvalue weighted by Crippen LogP contribution is -2.05. The monoisotopic (exact) mass is 284 g/mol. The SMILES string of the molecule is CCC(O)c1cn(-c2c(F)cc(F)cc2[N+](=O)[O-])nn1. The third-order valence-electron chi connectivity index (χ3n) is 2.67. The molecule has 0 aliphatic heterocycles. The summed E-state index contributed by atoms with van der Waals surface area (Å²) >= 11 is 0. The van der Waals surface area contributed by atoms with Crippen molar-refractivity contribution in [3.05, 3.63) is 45.8 Å². The van der Waals surface area contributed by atoms with Crippen molar-refractivity contribution in [2.75, 3.05) is 0 Å². The van der Waals surface area contributed by atoms with E-state index in [1.54, 1.807) is 6.92 Å². The highest BCUT2D eigenvalue weighted by Gasteiger charge is 2.24. The zero-order valence-corrected chi connectivity index (χ0v) is 10.3. The number of aromatic nitrogens is 3. The van der Waals surface area contributed by atoms with Crippen LogP contribution in [0.5, 0.6) is 0 Å². The van der Waals surface area contributed by atoms with Crippen LogP contribution in [0.25, 0.3) is 5.69 Å². The maximum atomic E-state index is 13.8. The lowest BCUT2D eigenvalue weighted by molar-refractivity contribution is -0.385. The number of rotatable bonds is 4. The Morgan fingerprint density at radius 3 is 2.80 bits per heavy atom. The summed E-state index contributed by atoms with van der Waals surface area (Å²) in [6, 6.07) is 1.11. The molecule has 106 valence electrons. The molecule has 0 radical (unpaired) electrons. The first kappa shape index (κ1) is 14.0. The molecule has 0 spiro atoms. The third-order valence-corrected chi connectivity index (χ3v) is 2.67. The zero-order chi connectivity index (χ0) is 14.9. The predicted molar refractivity (Wildman–Crippen MR) is 63.2 cm³/mol. The van der Waals surface area contributed by atoms with Crippen LogP contribution in [0.2, 0.25) is 0 Å². The Hall–Kier alpha value is -2.42. The van der Waals surface area contributed by atoms with Gasteiger partial charge in [-0.3, -0.25) is 10.1 Å². The average molecular weight is 284 g/mol. The van der Waals surface area contributed by atoms with Crippen LogP contribution in [-0.4, -0.2) is 25.0 Å². The molecule has 0 fully saturated rings. The summed E-state index contributed by atoms with van der Waals surface area (Å²) < 4.78 is 27.6. The first-order valence-corrected chi connectivity index (χ1v) is 5.68. The summed E-state index contributed by atoms with van der Waals surface area (Å²) in [4.78, 5) is 9.94. The topological polar surface area (TPSA) is 94.1 Å². The molecule has 1 unspecified atom stereocenters. The smallest absolute Gasteiger partial charge is 0.300 e. The Labute approximate surface area is 111 Å². The molecule has 1 atom stereocenters. The van der Waals surface area contributed by atoms with Gasteiger partial charge < -0.3 is 5.11 Å². The molecule has 2 aromatic rings. The van der Waals surface area contributed by atoms with E-state index >= 15 is 0 Å². The van der Waals surface area contributed by atoms with Gasteiger partial charge >= 0.3 is 5.69 Å². The van der Waals surface area contributed by atoms with Gasteiger partial charge in [-0.15, -0.1) is 5.10 Å². The van der Waals surface area contributed by atoms with E-state index in [1.807, 2.05) is 0 Å². The van der Waals surface area contributed by atoms with Crippen molar-refractivity contribution >= 4 is 5.69 Å². The van der Waals surface area contributed by atoms with Gasteiger partial charge in [-0.05, 0) is 6.42 Å². The van der Waals surface area contributed by atoms with Crippen molar-refractivity contribution in [3.8, 4) is 5.69 Å². The highest BCUT2D eigenvalue weighted by Crippen LogP contribution is 2.27. The number of aliphatic hydroxyl groups excluding tert-OH is 1. The second-order valence-corrected chi connectivity index (χ2v) is 4.02. The van der Waals surface area contributed by atoms with Crippen LogP contribution in [0, 0.1) is 21.7 Å². The van der Waals surface area contributed by atoms with Crippen molar-refractivity contribution in [3.63, 3.8) is 0 Å². The molecule has 0 saturated heterocycles. The van der Waals surface area contributed by atoms with Crippen LogP contribution >= 0.6 is 0 Å². The summed E-state index contributed by atoms with van der Waals surface area (Å²) in [6.07, 6.45) is 0.607. The van der Waals surface area contributed by atoms with E-state index in [4.69, 9.17) is 0 Å². The van der Waals surface area contributed by atoms with Crippen molar-refractivity contribution in [2.24, 2.45) is 0 Å². The fourth-order valence-corrected chi connectivity index (χ4v) is 1.67. The van der Waals surface area contributed by atoms with Crippen molar-refractivity contribution < 1.29 is 18.8 Å². The normalized spacial score (nSPS) is 12.4. The van der Waals surface area contributed by atoms with Crippen LogP contribution in [0.4, 0.5) is 14.5 Å². The molecule has 1 aromatic heterocycles. The first-order valence-electron chi connectivity index (χ1n) is 5.68. The first-order chi connectivity index (χ1) is 9.43. The maximum absolute atomic E-state index is 13.8. The molecule has 0 bridgehead atoms. The molecule has 0 amide bonds. The number of nitro benzene ring substituents is 1. The molecule has 20 heavy (non-hydrogen) atoms. The van der Waals surface area contributed by atoms with Crippen LogP contribution in [0.3, 0.4) is 0 Å². The van der Waals surface area contributed by atoms with Crippen LogP contribution in [0.15, 0.2) is 18.3 Å². The fourth-order valence-electron chi connectivity index (χ4n) is 1.67. The maximum Gasteiger partial charge on any atom is 0.300 e. The number of halogens is 2. The molecular formula is C11H10F2N4O3. The highest BCUT2D eigenvalue weighted by atomic mass is 19.1. The number of nitro groups is 1. The minimum absolute atomic E-state index is 0.144. The second kappa shape index (κ2) is 5.29. The lowest BCUT2D eigenvalue weighted by atomic mass is 10.2. The Balaban J connectivity index is 2.57. The molecule has 1 aromatic carbocycles. The number of benzene rings is 1. The summed E-state index contributed by atoms with van der Waals surface area (Å²) in [5, 5.41) is 27.6. The van der Waals surface area contributed by atoms with E-state index in [1.165, 1.54) is 0 Å². The molecule has 2 rings (SSSR count). The van der Waals surface area contributed by atoms with Crippen LogP contribution < -0.4 is 0 Å². The Kier molecular flexibility index (Phi) is 3.70. The summed E-state index contributed by atoms with van der Waals surface area (Å²) in [5.41, 5.74) is -1.16. The van der Waals surface area contributed by atoms with E-state index in [-0.39, 0.29) is 5.69 Å². The van der Waals surface area contributed by atoms with E-state index < -0.39 is 34.0 Å². The molecule has 0 aliphatic rings. The average Bonchev–Trinajstić information content (AvgIpc) is 2.86. The largest absolute Gasteiger partial charge is 0.387 e. The summed E-state index contributed by atoms with van der Waals surface area (Å²) in [5.74, 6) is -2.20. The minimum Gasteiger partial charge on any atom is -0.387 e. The van der Waals surface area contributed by atoms with Gasteiger partial charge in [0.2, 0.25) is 0 Å². The van der Waals surface area contributed by atoms with Gasteiger partial charge in [-0.25, -0.2) is 13.5 Å². The van der Waals surface area contributed by atoms with E-state index in [0.29, 0.717) is 18.6 Å². The molecule has 7 nitrogen and oxygen atoms in total. The predicted octanol–water partition coefficient (Wildman–Crippen LogP) is 1.90. The van der Waals surface area contributed by atoms with Crippen LogP contribution in [-0.2, 0) is 0 Å². The standard InChI is InChI=1S/C11H10F2N4O3/c1-2-10(18)8-5-16(15-14-8)11-7(13)3-6(12)4-9(11)17(19)20/h3-5,10,18H,2H2,1H3. The minimum atomic E-state index is -1.14. The van der Waals surface area contributed by atoms with Gasteiger partial charge in [-0.2, -0.15) is 0 Å². The zero-order valence-electron chi connectivity index (χ0n) is 10.3. The van der Waals surface area contributed by atoms with E-state index in [0.717, 1.165) is 10.9 Å².